The molecule has 2 aromatic rings. The second-order valence-corrected chi connectivity index (χ2v) is 7.14. The summed E-state index contributed by atoms with van der Waals surface area (Å²) in [5.41, 5.74) is 0. The first-order valence-electron chi connectivity index (χ1n) is 10.5. The highest BCUT2D eigenvalue weighted by Crippen LogP contribution is 2.15. The van der Waals surface area contributed by atoms with Crippen molar-refractivity contribution in [3.8, 4) is 5.75 Å². The van der Waals surface area contributed by atoms with Crippen LogP contribution in [0, 0.1) is 0 Å². The molecule has 1 aromatic carbocycles. The molecule has 2 rings (SSSR count). The van der Waals surface area contributed by atoms with Crippen molar-refractivity contribution in [2.45, 2.75) is 33.2 Å². The molecule has 0 aliphatic heterocycles. The van der Waals surface area contributed by atoms with Crippen LogP contribution in [0.15, 0.2) is 35.6 Å². The van der Waals surface area contributed by atoms with Gasteiger partial charge in [-0.1, -0.05) is 18.5 Å². The number of hydrogen-bond acceptors (Lipinski definition) is 5. The first-order chi connectivity index (χ1) is 14.6. The Morgan fingerprint density at radius 1 is 1.23 bits per heavy atom. The van der Waals surface area contributed by atoms with Crippen molar-refractivity contribution < 1.29 is 9.47 Å². The number of halogens is 1. The highest BCUT2D eigenvalue weighted by Gasteiger charge is 2.08. The quantitative estimate of drug-likeness (QED) is 0.295. The fourth-order valence-corrected chi connectivity index (χ4v) is 2.90. The number of nitrogens with one attached hydrogen (secondary N) is 1. The maximum atomic E-state index is 5.92. The van der Waals surface area contributed by atoms with Crippen molar-refractivity contribution in [1.82, 2.24) is 25.0 Å². The van der Waals surface area contributed by atoms with Crippen LogP contribution in [0.25, 0.3) is 0 Å². The SMILES string of the molecule is CCOCCCN=C(NCCn1cnnc1CC)N(C)CCOc1ccc(Cl)cc1. The number of rotatable bonds is 13. The smallest absolute Gasteiger partial charge is 0.193 e. The van der Waals surface area contributed by atoms with E-state index >= 15 is 0 Å². The summed E-state index contributed by atoms with van der Waals surface area (Å²) < 4.78 is 13.3. The molecule has 0 aliphatic rings. The molecule has 0 aliphatic carbocycles. The summed E-state index contributed by atoms with van der Waals surface area (Å²) in [5, 5.41) is 12.3. The summed E-state index contributed by atoms with van der Waals surface area (Å²) in [6, 6.07) is 7.38. The minimum Gasteiger partial charge on any atom is -0.492 e. The Balaban J connectivity index is 1.84. The normalized spacial score (nSPS) is 11.5. The number of likely N-dealkylation sites (N-methyl/N-ethyl adjacent to an activating group) is 1. The Hall–Kier alpha value is -2.32. The fraction of sp³-hybridized carbons (Fsp3) is 0.571. The first-order valence-corrected chi connectivity index (χ1v) is 10.8. The van der Waals surface area contributed by atoms with E-state index in [1.165, 1.54) is 0 Å². The number of aromatic nitrogens is 3. The molecular formula is C21H33ClN6O2. The Morgan fingerprint density at radius 2 is 2.03 bits per heavy atom. The fourth-order valence-electron chi connectivity index (χ4n) is 2.77. The molecule has 0 atom stereocenters. The van der Waals surface area contributed by atoms with Gasteiger partial charge < -0.3 is 24.3 Å². The van der Waals surface area contributed by atoms with Crippen LogP contribution in [0.2, 0.25) is 5.02 Å². The highest BCUT2D eigenvalue weighted by atomic mass is 35.5. The van der Waals surface area contributed by atoms with Crippen LogP contribution in [-0.2, 0) is 17.7 Å². The Morgan fingerprint density at radius 3 is 2.77 bits per heavy atom. The predicted octanol–water partition coefficient (Wildman–Crippen LogP) is 2.88. The van der Waals surface area contributed by atoms with Crippen LogP contribution >= 0.6 is 11.6 Å². The average Bonchev–Trinajstić information content (AvgIpc) is 3.21. The maximum Gasteiger partial charge on any atom is 0.193 e. The third-order valence-electron chi connectivity index (χ3n) is 4.43. The summed E-state index contributed by atoms with van der Waals surface area (Å²) in [5.74, 6) is 2.63. The summed E-state index contributed by atoms with van der Waals surface area (Å²) in [6.07, 6.45) is 3.52. The standard InChI is InChI=1S/C21H33ClN6O2/c1-4-20-26-25-17-28(20)13-12-24-21(23-11-6-15-29-5-2)27(3)14-16-30-19-9-7-18(22)8-10-19/h7-10,17H,4-6,11-16H2,1-3H3,(H,23,24). The zero-order valence-corrected chi connectivity index (χ0v) is 18.9. The molecule has 0 fully saturated rings. The minimum absolute atomic E-state index is 0.545. The minimum atomic E-state index is 0.545. The van der Waals surface area contributed by atoms with E-state index in [4.69, 9.17) is 26.1 Å². The average molecular weight is 437 g/mol. The molecule has 1 heterocycles. The van der Waals surface area contributed by atoms with E-state index in [9.17, 15) is 0 Å². The lowest BCUT2D eigenvalue weighted by molar-refractivity contribution is 0.146. The van der Waals surface area contributed by atoms with Gasteiger partial charge >= 0.3 is 0 Å². The number of ether oxygens (including phenoxy) is 2. The molecule has 1 aromatic heterocycles. The van der Waals surface area contributed by atoms with Crippen LogP contribution in [-0.4, -0.2) is 72.1 Å². The second-order valence-electron chi connectivity index (χ2n) is 6.70. The van der Waals surface area contributed by atoms with Gasteiger partial charge in [-0.15, -0.1) is 10.2 Å². The van der Waals surface area contributed by atoms with Crippen molar-refractivity contribution in [3.63, 3.8) is 0 Å². The summed E-state index contributed by atoms with van der Waals surface area (Å²) in [7, 11) is 2.01. The summed E-state index contributed by atoms with van der Waals surface area (Å²) in [4.78, 5) is 6.80. The van der Waals surface area contributed by atoms with E-state index in [2.05, 4.69) is 31.9 Å². The van der Waals surface area contributed by atoms with E-state index in [0.29, 0.717) is 24.7 Å². The number of aliphatic imine (C=N–C) groups is 1. The summed E-state index contributed by atoms with van der Waals surface area (Å²) in [6.45, 7) is 9.00. The molecule has 0 radical (unpaired) electrons. The van der Waals surface area contributed by atoms with Crippen molar-refractivity contribution in [2.24, 2.45) is 4.99 Å². The molecule has 0 saturated heterocycles. The van der Waals surface area contributed by atoms with Crippen molar-refractivity contribution in [2.75, 3.05) is 46.5 Å². The lowest BCUT2D eigenvalue weighted by atomic mass is 10.3. The van der Waals surface area contributed by atoms with Crippen LogP contribution in [0.4, 0.5) is 0 Å². The first kappa shape index (κ1) is 24.0. The van der Waals surface area contributed by atoms with E-state index in [1.807, 2.05) is 38.2 Å². The van der Waals surface area contributed by atoms with Gasteiger partial charge in [-0.05, 0) is 37.6 Å². The second kappa shape index (κ2) is 13.8. The summed E-state index contributed by atoms with van der Waals surface area (Å²) >= 11 is 5.92. The van der Waals surface area contributed by atoms with E-state index < -0.39 is 0 Å². The lowest BCUT2D eigenvalue weighted by Gasteiger charge is -2.23. The van der Waals surface area contributed by atoms with Gasteiger partial charge in [0.15, 0.2) is 5.96 Å². The molecule has 0 spiro atoms. The number of nitrogens with zero attached hydrogens (tertiary/aromatic N) is 5. The monoisotopic (exact) mass is 436 g/mol. The third-order valence-corrected chi connectivity index (χ3v) is 4.68. The van der Waals surface area contributed by atoms with Gasteiger partial charge in [0.05, 0.1) is 6.54 Å². The molecule has 9 heteroatoms. The largest absolute Gasteiger partial charge is 0.492 e. The Labute approximate surface area is 184 Å². The predicted molar refractivity (Wildman–Crippen MR) is 120 cm³/mol. The van der Waals surface area contributed by atoms with Crippen LogP contribution in [0.3, 0.4) is 0 Å². The van der Waals surface area contributed by atoms with Crippen LogP contribution in [0.1, 0.15) is 26.1 Å². The molecular weight excluding hydrogens is 404 g/mol. The third kappa shape index (κ3) is 8.59. The molecule has 8 nitrogen and oxygen atoms in total. The van der Waals surface area contributed by atoms with Gasteiger partial charge in [0, 0.05) is 51.3 Å². The maximum absolute atomic E-state index is 5.92. The van der Waals surface area contributed by atoms with E-state index in [0.717, 1.165) is 56.7 Å². The number of hydrogen-bond donors (Lipinski definition) is 1. The van der Waals surface area contributed by atoms with Crippen LogP contribution in [0.5, 0.6) is 5.75 Å². The molecule has 0 saturated carbocycles. The van der Waals surface area contributed by atoms with Gasteiger partial charge in [0.2, 0.25) is 0 Å². The molecule has 166 valence electrons. The molecule has 0 unspecified atom stereocenters. The number of aryl methyl sites for hydroxylation is 1. The molecule has 1 N–H and O–H groups in total. The number of benzene rings is 1. The topological polar surface area (TPSA) is 76.8 Å². The highest BCUT2D eigenvalue weighted by molar-refractivity contribution is 6.30. The van der Waals surface area contributed by atoms with Crippen LogP contribution < -0.4 is 10.1 Å². The number of guanidine groups is 1. The molecule has 30 heavy (non-hydrogen) atoms. The lowest BCUT2D eigenvalue weighted by Crippen LogP contribution is -2.42. The van der Waals surface area contributed by atoms with E-state index in [1.54, 1.807) is 6.33 Å². The molecule has 0 bridgehead atoms. The van der Waals surface area contributed by atoms with Crippen molar-refractivity contribution in [1.29, 1.82) is 0 Å². The van der Waals surface area contributed by atoms with Gasteiger partial charge in [-0.25, -0.2) is 0 Å². The van der Waals surface area contributed by atoms with Gasteiger partial charge in [-0.3, -0.25) is 4.99 Å². The van der Waals surface area contributed by atoms with Crippen molar-refractivity contribution >= 4 is 17.6 Å². The zero-order chi connectivity index (χ0) is 21.6. The van der Waals surface area contributed by atoms with Gasteiger partial charge in [-0.2, -0.15) is 0 Å². The molecule has 0 amide bonds. The Kier molecular flexibility index (Phi) is 11.0. The van der Waals surface area contributed by atoms with Gasteiger partial charge in [0.25, 0.3) is 0 Å². The van der Waals surface area contributed by atoms with Crippen molar-refractivity contribution in [3.05, 3.63) is 41.4 Å². The zero-order valence-electron chi connectivity index (χ0n) is 18.2. The Bertz CT molecular complexity index is 750. The van der Waals surface area contributed by atoms with Gasteiger partial charge in [0.1, 0.15) is 24.5 Å². The van der Waals surface area contributed by atoms with E-state index in [-0.39, 0.29) is 0 Å².